The molecule has 0 unspecified atom stereocenters. The molecule has 4 heteroatoms. The first-order chi connectivity index (χ1) is 10.5. The zero-order valence-corrected chi connectivity index (χ0v) is 11.7. The van der Waals surface area contributed by atoms with Crippen molar-refractivity contribution in [3.05, 3.63) is 70.3 Å². The van der Waals surface area contributed by atoms with Crippen LogP contribution in [0.5, 0.6) is 5.75 Å². The third-order valence-electron chi connectivity index (χ3n) is 3.79. The molecule has 4 nitrogen and oxygen atoms in total. The highest BCUT2D eigenvalue weighted by Gasteiger charge is 2.22. The van der Waals surface area contributed by atoms with E-state index in [4.69, 9.17) is 5.11 Å². The van der Waals surface area contributed by atoms with Crippen molar-refractivity contribution in [3.8, 4) is 5.75 Å². The maximum absolute atomic E-state index is 12.5. The molecule has 0 spiro atoms. The van der Waals surface area contributed by atoms with Crippen LogP contribution in [0.3, 0.4) is 0 Å². The number of carbonyl (C=O) groups excluding carboxylic acids is 1. The van der Waals surface area contributed by atoms with Gasteiger partial charge < -0.3 is 10.2 Å². The van der Waals surface area contributed by atoms with Crippen LogP contribution in [0.4, 0.5) is 0 Å². The van der Waals surface area contributed by atoms with Crippen molar-refractivity contribution in [1.29, 1.82) is 0 Å². The van der Waals surface area contributed by atoms with Gasteiger partial charge in [0.15, 0.2) is 5.78 Å². The minimum Gasteiger partial charge on any atom is -0.508 e. The van der Waals surface area contributed by atoms with E-state index < -0.39 is 5.97 Å². The summed E-state index contributed by atoms with van der Waals surface area (Å²) in [6.07, 6.45) is 3.11. The third kappa shape index (κ3) is 2.63. The fourth-order valence-electron chi connectivity index (χ4n) is 2.63. The zero-order valence-electron chi connectivity index (χ0n) is 11.7. The predicted molar refractivity (Wildman–Crippen MR) is 82.1 cm³/mol. The van der Waals surface area contributed by atoms with Crippen LogP contribution in [0.1, 0.15) is 38.3 Å². The standard InChI is InChI=1S/C18H14O4/c19-15-7-8-16-13(10-15)5-6-14(17(16)20)9-11-1-3-12(4-2-11)18(21)22/h1-4,7-10,19H,5-6H2,(H,21,22)/b14-9-. The lowest BCUT2D eigenvalue weighted by atomic mass is 9.86. The number of rotatable bonds is 2. The summed E-state index contributed by atoms with van der Waals surface area (Å²) in [6, 6.07) is 11.2. The van der Waals surface area contributed by atoms with Crippen molar-refractivity contribution in [2.75, 3.05) is 0 Å². The normalized spacial score (nSPS) is 15.6. The molecule has 0 aliphatic heterocycles. The van der Waals surface area contributed by atoms with Gasteiger partial charge in [0, 0.05) is 11.1 Å². The fourth-order valence-corrected chi connectivity index (χ4v) is 2.63. The number of allylic oxidation sites excluding steroid dienone is 1. The summed E-state index contributed by atoms with van der Waals surface area (Å²) in [5, 5.41) is 18.4. The van der Waals surface area contributed by atoms with Gasteiger partial charge in [-0.2, -0.15) is 0 Å². The second-order valence-electron chi connectivity index (χ2n) is 5.27. The van der Waals surface area contributed by atoms with E-state index in [1.54, 1.807) is 30.3 Å². The Morgan fingerprint density at radius 2 is 1.77 bits per heavy atom. The van der Waals surface area contributed by atoms with Crippen molar-refractivity contribution in [1.82, 2.24) is 0 Å². The van der Waals surface area contributed by atoms with Gasteiger partial charge in [0.05, 0.1) is 5.56 Å². The molecule has 2 aromatic carbocycles. The molecule has 0 amide bonds. The Labute approximate surface area is 127 Å². The number of Topliss-reactive ketones (excluding diaryl/α,β-unsaturated/α-hetero) is 1. The van der Waals surface area contributed by atoms with Gasteiger partial charge in [0.25, 0.3) is 0 Å². The molecule has 0 saturated carbocycles. The number of aromatic carboxylic acids is 1. The Kier molecular flexibility index (Phi) is 3.51. The highest BCUT2D eigenvalue weighted by Crippen LogP contribution is 2.29. The molecule has 0 saturated heterocycles. The SMILES string of the molecule is O=C(O)c1ccc(/C=C2/CCc3cc(O)ccc3C2=O)cc1. The van der Waals surface area contributed by atoms with Crippen LogP contribution in [-0.2, 0) is 6.42 Å². The number of phenolic OH excluding ortho intramolecular Hbond substituents is 1. The second-order valence-corrected chi connectivity index (χ2v) is 5.27. The fraction of sp³-hybridized carbons (Fsp3) is 0.111. The second kappa shape index (κ2) is 5.48. The van der Waals surface area contributed by atoms with Crippen LogP contribution >= 0.6 is 0 Å². The molecular weight excluding hydrogens is 280 g/mol. The van der Waals surface area contributed by atoms with E-state index in [-0.39, 0.29) is 17.1 Å². The first-order valence-electron chi connectivity index (χ1n) is 6.95. The lowest BCUT2D eigenvalue weighted by Gasteiger charge is -2.17. The molecule has 1 aliphatic rings. The predicted octanol–water partition coefficient (Wildman–Crippen LogP) is 3.30. The molecular formula is C18H14O4. The molecule has 0 aromatic heterocycles. The highest BCUT2D eigenvalue weighted by atomic mass is 16.4. The van der Waals surface area contributed by atoms with Crippen molar-refractivity contribution in [2.45, 2.75) is 12.8 Å². The molecule has 0 bridgehead atoms. The minimum absolute atomic E-state index is 0.0384. The van der Waals surface area contributed by atoms with Crippen LogP contribution < -0.4 is 0 Å². The molecule has 0 atom stereocenters. The number of aryl methyl sites for hydroxylation is 1. The van der Waals surface area contributed by atoms with Gasteiger partial charge >= 0.3 is 5.97 Å². The van der Waals surface area contributed by atoms with Crippen molar-refractivity contribution >= 4 is 17.8 Å². The van der Waals surface area contributed by atoms with E-state index in [0.717, 1.165) is 11.1 Å². The summed E-state index contributed by atoms with van der Waals surface area (Å²) in [4.78, 5) is 23.3. The maximum atomic E-state index is 12.5. The Balaban J connectivity index is 1.91. The van der Waals surface area contributed by atoms with E-state index in [0.29, 0.717) is 24.0 Å². The summed E-state index contributed by atoms with van der Waals surface area (Å²) < 4.78 is 0. The average Bonchev–Trinajstić information content (AvgIpc) is 2.50. The van der Waals surface area contributed by atoms with Gasteiger partial charge in [-0.05, 0) is 60.4 Å². The van der Waals surface area contributed by atoms with Crippen LogP contribution in [0, 0.1) is 0 Å². The molecule has 2 aromatic rings. The summed E-state index contributed by atoms with van der Waals surface area (Å²) >= 11 is 0. The molecule has 1 aliphatic carbocycles. The number of fused-ring (bicyclic) bond motifs is 1. The van der Waals surface area contributed by atoms with Crippen LogP contribution in [0.25, 0.3) is 6.08 Å². The van der Waals surface area contributed by atoms with Gasteiger partial charge in [-0.15, -0.1) is 0 Å². The average molecular weight is 294 g/mol. The summed E-state index contributed by atoms with van der Waals surface area (Å²) in [6.45, 7) is 0. The maximum Gasteiger partial charge on any atom is 0.335 e. The first kappa shape index (κ1) is 14.1. The molecule has 22 heavy (non-hydrogen) atoms. The lowest BCUT2D eigenvalue weighted by Crippen LogP contribution is -2.13. The largest absolute Gasteiger partial charge is 0.508 e. The molecule has 2 N–H and O–H groups in total. The number of ketones is 1. The number of carboxylic acids is 1. The van der Waals surface area contributed by atoms with E-state index >= 15 is 0 Å². The number of carboxylic acid groups (broad SMARTS) is 1. The number of carbonyl (C=O) groups is 2. The molecule has 0 radical (unpaired) electrons. The molecule has 0 fully saturated rings. The van der Waals surface area contributed by atoms with Crippen molar-refractivity contribution in [2.24, 2.45) is 0 Å². The highest BCUT2D eigenvalue weighted by molar-refractivity contribution is 6.13. The Morgan fingerprint density at radius 1 is 1.05 bits per heavy atom. The van der Waals surface area contributed by atoms with Gasteiger partial charge in [-0.3, -0.25) is 4.79 Å². The number of hydrogen-bond acceptors (Lipinski definition) is 3. The minimum atomic E-state index is -0.971. The van der Waals surface area contributed by atoms with Crippen LogP contribution in [0.15, 0.2) is 48.0 Å². The smallest absolute Gasteiger partial charge is 0.335 e. The zero-order chi connectivity index (χ0) is 15.7. The molecule has 110 valence electrons. The number of phenols is 1. The molecule has 3 rings (SSSR count). The summed E-state index contributed by atoms with van der Waals surface area (Å²) in [5.41, 5.74) is 3.20. The quantitative estimate of drug-likeness (QED) is 0.833. The number of benzene rings is 2. The number of hydrogen-bond donors (Lipinski definition) is 2. The van der Waals surface area contributed by atoms with E-state index in [9.17, 15) is 14.7 Å². The van der Waals surface area contributed by atoms with Gasteiger partial charge in [-0.25, -0.2) is 4.79 Å². The van der Waals surface area contributed by atoms with Crippen LogP contribution in [-0.4, -0.2) is 22.0 Å². The Morgan fingerprint density at radius 3 is 2.45 bits per heavy atom. The van der Waals surface area contributed by atoms with Crippen molar-refractivity contribution in [3.63, 3.8) is 0 Å². The molecule has 0 heterocycles. The first-order valence-corrected chi connectivity index (χ1v) is 6.95. The van der Waals surface area contributed by atoms with Crippen molar-refractivity contribution < 1.29 is 19.8 Å². The van der Waals surface area contributed by atoms with Crippen LogP contribution in [0.2, 0.25) is 0 Å². The Bertz CT molecular complexity index is 785. The summed E-state index contributed by atoms with van der Waals surface area (Å²) in [5.74, 6) is -0.839. The summed E-state index contributed by atoms with van der Waals surface area (Å²) in [7, 11) is 0. The van der Waals surface area contributed by atoms with Gasteiger partial charge in [0.2, 0.25) is 0 Å². The van der Waals surface area contributed by atoms with Gasteiger partial charge in [-0.1, -0.05) is 12.1 Å². The monoisotopic (exact) mass is 294 g/mol. The van der Waals surface area contributed by atoms with E-state index in [2.05, 4.69) is 0 Å². The topological polar surface area (TPSA) is 74.6 Å². The van der Waals surface area contributed by atoms with Gasteiger partial charge in [0.1, 0.15) is 5.75 Å². The van der Waals surface area contributed by atoms with E-state index in [1.165, 1.54) is 18.2 Å². The van der Waals surface area contributed by atoms with E-state index in [1.807, 2.05) is 0 Å². The lowest BCUT2D eigenvalue weighted by molar-refractivity contribution is 0.0696. The third-order valence-corrected chi connectivity index (χ3v) is 3.79. The number of aromatic hydroxyl groups is 1. The Hall–Kier alpha value is -2.88.